The maximum absolute atomic E-state index is 12.0. The fourth-order valence-electron chi connectivity index (χ4n) is 0.832. The number of aliphatic hydroxyl groups is 2. The lowest BCUT2D eigenvalue weighted by Crippen LogP contribution is -2.20. The van der Waals surface area contributed by atoms with Gasteiger partial charge < -0.3 is 10.2 Å². The summed E-state index contributed by atoms with van der Waals surface area (Å²) in [7, 11) is -3.67. The van der Waals surface area contributed by atoms with Crippen LogP contribution in [-0.2, 0) is 18.1 Å². The quantitative estimate of drug-likeness (QED) is 0.637. The third-order valence-corrected chi connectivity index (χ3v) is 3.14. The Bertz CT molecular complexity index is 216. The molecular weight excluding hydrogens is 235 g/mol. The molecule has 0 aliphatic carbocycles. The number of phosphoric ester groups is 1. The van der Waals surface area contributed by atoms with Crippen molar-refractivity contribution in [3.8, 4) is 0 Å². The minimum absolute atomic E-state index is 0.298. The fourth-order valence-corrected chi connectivity index (χ4v) is 2.39. The van der Waals surface area contributed by atoms with Crippen molar-refractivity contribution in [2.24, 2.45) is 0 Å². The molecule has 0 aromatic carbocycles. The van der Waals surface area contributed by atoms with Crippen LogP contribution in [-0.4, -0.2) is 41.7 Å². The zero-order valence-electron chi connectivity index (χ0n) is 10.1. The zero-order chi connectivity index (χ0) is 12.8. The van der Waals surface area contributed by atoms with Crippen molar-refractivity contribution in [1.29, 1.82) is 0 Å². The van der Waals surface area contributed by atoms with Gasteiger partial charge in [0.05, 0.1) is 25.4 Å². The second-order valence-corrected chi connectivity index (χ2v) is 5.46. The number of phosphoric acid groups is 1. The summed E-state index contributed by atoms with van der Waals surface area (Å²) in [4.78, 5) is 0. The summed E-state index contributed by atoms with van der Waals surface area (Å²) in [5.41, 5.74) is 0. The van der Waals surface area contributed by atoms with E-state index in [4.69, 9.17) is 23.8 Å². The summed E-state index contributed by atoms with van der Waals surface area (Å²) >= 11 is 0. The van der Waals surface area contributed by atoms with Gasteiger partial charge in [-0.05, 0) is 27.7 Å². The predicted octanol–water partition coefficient (Wildman–Crippen LogP) is 1.31. The molecule has 0 fully saturated rings. The second kappa shape index (κ2) is 7.37. The Morgan fingerprint density at radius 3 is 1.88 bits per heavy atom. The average Bonchev–Trinajstić information content (AvgIpc) is 2.11. The van der Waals surface area contributed by atoms with Crippen LogP contribution in [0.25, 0.3) is 0 Å². The van der Waals surface area contributed by atoms with E-state index in [0.717, 1.165) is 0 Å². The Labute approximate surface area is 96.1 Å². The molecule has 0 aromatic rings. The Morgan fingerprint density at radius 1 is 1.12 bits per heavy atom. The van der Waals surface area contributed by atoms with Gasteiger partial charge in [0, 0.05) is 0 Å². The monoisotopic (exact) mass is 256 g/mol. The minimum atomic E-state index is -3.67. The first-order chi connectivity index (χ1) is 7.29. The molecule has 0 rings (SSSR count). The molecule has 1 atom stereocenters. The lowest BCUT2D eigenvalue weighted by Gasteiger charge is -2.22. The third kappa shape index (κ3) is 7.33. The van der Waals surface area contributed by atoms with Gasteiger partial charge in [0.15, 0.2) is 0 Å². The summed E-state index contributed by atoms with van der Waals surface area (Å²) in [5, 5.41) is 17.7. The van der Waals surface area contributed by atoms with Crippen LogP contribution in [0.15, 0.2) is 0 Å². The topological polar surface area (TPSA) is 85.2 Å². The van der Waals surface area contributed by atoms with Crippen LogP contribution in [0.3, 0.4) is 0 Å². The molecule has 7 heteroatoms. The Kier molecular flexibility index (Phi) is 7.39. The highest BCUT2D eigenvalue weighted by Crippen LogP contribution is 2.51. The highest BCUT2D eigenvalue weighted by Gasteiger charge is 2.30. The van der Waals surface area contributed by atoms with Crippen molar-refractivity contribution in [3.05, 3.63) is 0 Å². The molecule has 0 saturated heterocycles. The molecule has 16 heavy (non-hydrogen) atoms. The molecule has 98 valence electrons. The van der Waals surface area contributed by atoms with Gasteiger partial charge in [-0.15, -0.1) is 0 Å². The van der Waals surface area contributed by atoms with Crippen LogP contribution in [0.4, 0.5) is 0 Å². The average molecular weight is 256 g/mol. The van der Waals surface area contributed by atoms with Crippen LogP contribution in [0.1, 0.15) is 27.7 Å². The van der Waals surface area contributed by atoms with E-state index in [2.05, 4.69) is 0 Å². The van der Waals surface area contributed by atoms with Gasteiger partial charge in [0.2, 0.25) is 0 Å². The van der Waals surface area contributed by atoms with Gasteiger partial charge in [-0.25, -0.2) is 4.57 Å². The molecule has 2 N–H and O–H groups in total. The number of hydrogen-bond acceptors (Lipinski definition) is 6. The molecular formula is C9H21O6P. The SMILES string of the molecule is CC(C)OP(=O)(OCC(O)CO)OC(C)C. The minimum Gasteiger partial charge on any atom is -0.394 e. The smallest absolute Gasteiger partial charge is 0.394 e. The first kappa shape index (κ1) is 16.0. The van der Waals surface area contributed by atoms with Gasteiger partial charge in [-0.3, -0.25) is 13.6 Å². The van der Waals surface area contributed by atoms with Crippen molar-refractivity contribution in [1.82, 2.24) is 0 Å². The van der Waals surface area contributed by atoms with Gasteiger partial charge in [-0.2, -0.15) is 0 Å². The normalized spacial score (nSPS) is 14.8. The summed E-state index contributed by atoms with van der Waals surface area (Å²) in [6.45, 7) is 6.02. The molecule has 0 aromatic heterocycles. The first-order valence-electron chi connectivity index (χ1n) is 5.19. The van der Waals surface area contributed by atoms with E-state index in [1.54, 1.807) is 27.7 Å². The third-order valence-electron chi connectivity index (χ3n) is 1.32. The molecule has 0 heterocycles. The van der Waals surface area contributed by atoms with Crippen molar-refractivity contribution in [2.75, 3.05) is 13.2 Å². The summed E-state index contributed by atoms with van der Waals surface area (Å²) in [5.74, 6) is 0. The van der Waals surface area contributed by atoms with Crippen LogP contribution in [0.2, 0.25) is 0 Å². The number of aliphatic hydroxyl groups excluding tert-OH is 2. The Morgan fingerprint density at radius 2 is 1.56 bits per heavy atom. The van der Waals surface area contributed by atoms with Gasteiger partial charge in [-0.1, -0.05) is 0 Å². The van der Waals surface area contributed by atoms with E-state index in [0.29, 0.717) is 0 Å². The summed E-state index contributed by atoms with van der Waals surface area (Å²) in [6, 6.07) is 0. The van der Waals surface area contributed by atoms with Gasteiger partial charge >= 0.3 is 7.82 Å². The lowest BCUT2D eigenvalue weighted by atomic mass is 10.4. The van der Waals surface area contributed by atoms with E-state index in [1.807, 2.05) is 0 Å². The Hall–Kier alpha value is 0.0300. The highest BCUT2D eigenvalue weighted by atomic mass is 31.2. The first-order valence-corrected chi connectivity index (χ1v) is 6.65. The number of hydrogen-bond donors (Lipinski definition) is 2. The zero-order valence-corrected chi connectivity index (χ0v) is 11.0. The molecule has 0 aliphatic rings. The summed E-state index contributed by atoms with van der Waals surface area (Å²) in [6.07, 6.45) is -1.74. The predicted molar refractivity (Wildman–Crippen MR) is 59.1 cm³/mol. The van der Waals surface area contributed by atoms with Crippen molar-refractivity contribution in [3.63, 3.8) is 0 Å². The molecule has 0 saturated carbocycles. The van der Waals surface area contributed by atoms with Crippen LogP contribution in [0, 0.1) is 0 Å². The fraction of sp³-hybridized carbons (Fsp3) is 1.00. The number of rotatable bonds is 8. The van der Waals surface area contributed by atoms with Crippen molar-refractivity contribution < 1.29 is 28.3 Å². The summed E-state index contributed by atoms with van der Waals surface area (Å²) < 4.78 is 27.0. The van der Waals surface area contributed by atoms with Gasteiger partial charge in [0.1, 0.15) is 6.10 Å². The molecule has 1 unspecified atom stereocenters. The lowest BCUT2D eigenvalue weighted by molar-refractivity contribution is 0.0175. The highest BCUT2D eigenvalue weighted by molar-refractivity contribution is 7.48. The van der Waals surface area contributed by atoms with E-state index < -0.39 is 20.5 Å². The van der Waals surface area contributed by atoms with E-state index in [1.165, 1.54) is 0 Å². The van der Waals surface area contributed by atoms with Crippen LogP contribution in [0.5, 0.6) is 0 Å². The van der Waals surface area contributed by atoms with Crippen LogP contribution < -0.4 is 0 Å². The van der Waals surface area contributed by atoms with E-state index in [-0.39, 0.29) is 18.8 Å². The van der Waals surface area contributed by atoms with Gasteiger partial charge in [0.25, 0.3) is 0 Å². The van der Waals surface area contributed by atoms with E-state index >= 15 is 0 Å². The largest absolute Gasteiger partial charge is 0.475 e. The Balaban J connectivity index is 4.36. The van der Waals surface area contributed by atoms with E-state index in [9.17, 15) is 4.57 Å². The molecule has 0 aliphatic heterocycles. The van der Waals surface area contributed by atoms with Crippen molar-refractivity contribution in [2.45, 2.75) is 46.0 Å². The maximum atomic E-state index is 12.0. The molecule has 0 radical (unpaired) electrons. The molecule has 0 spiro atoms. The molecule has 0 bridgehead atoms. The molecule has 6 nitrogen and oxygen atoms in total. The van der Waals surface area contributed by atoms with Crippen molar-refractivity contribution >= 4 is 7.82 Å². The maximum Gasteiger partial charge on any atom is 0.475 e. The standard InChI is InChI=1S/C9H21O6P/c1-7(2)14-16(12,15-8(3)4)13-6-9(11)5-10/h7-11H,5-6H2,1-4H3. The van der Waals surface area contributed by atoms with Crippen LogP contribution >= 0.6 is 7.82 Å². The molecule has 0 amide bonds. The second-order valence-electron chi connectivity index (χ2n) is 3.89.